The maximum absolute atomic E-state index is 13.4. The zero-order chi connectivity index (χ0) is 23.2. The molecule has 176 valence electrons. The average Bonchev–Trinajstić information content (AvgIpc) is 3.17. The quantitative estimate of drug-likeness (QED) is 0.515. The van der Waals surface area contributed by atoms with Crippen LogP contribution in [0.4, 0.5) is 0 Å². The van der Waals surface area contributed by atoms with E-state index in [4.69, 9.17) is 4.74 Å². The SMILES string of the molecule is CCN(CC)CCN(C)C(=O)COC[C@@H]1CCCN1S(=O)(=O)c1c(C)cc(C)cc1C. The first kappa shape index (κ1) is 25.8. The molecule has 1 aliphatic rings. The fourth-order valence-electron chi connectivity index (χ4n) is 4.33. The van der Waals surface area contributed by atoms with Crippen molar-refractivity contribution in [2.75, 3.05) is 53.0 Å². The number of ether oxygens (including phenoxy) is 1. The molecular weight excluding hydrogens is 414 g/mol. The van der Waals surface area contributed by atoms with E-state index in [9.17, 15) is 13.2 Å². The number of hydrogen-bond acceptors (Lipinski definition) is 5. The minimum absolute atomic E-state index is 0.0261. The zero-order valence-electron chi connectivity index (χ0n) is 20.0. The van der Waals surface area contributed by atoms with E-state index in [-0.39, 0.29) is 25.2 Å². The highest BCUT2D eigenvalue weighted by molar-refractivity contribution is 7.89. The number of rotatable bonds is 11. The topological polar surface area (TPSA) is 70.2 Å². The highest BCUT2D eigenvalue weighted by atomic mass is 32.2. The molecule has 1 aliphatic heterocycles. The van der Waals surface area contributed by atoms with Gasteiger partial charge in [-0.1, -0.05) is 31.5 Å². The molecule has 31 heavy (non-hydrogen) atoms. The van der Waals surface area contributed by atoms with E-state index >= 15 is 0 Å². The number of likely N-dealkylation sites (N-methyl/N-ethyl adjacent to an activating group) is 2. The first-order valence-corrected chi connectivity index (χ1v) is 12.7. The molecule has 0 spiro atoms. The Bertz CT molecular complexity index is 829. The largest absolute Gasteiger partial charge is 0.370 e. The Morgan fingerprint density at radius 2 is 1.74 bits per heavy atom. The van der Waals surface area contributed by atoms with Crippen LogP contribution in [-0.4, -0.2) is 87.5 Å². The summed E-state index contributed by atoms with van der Waals surface area (Å²) in [6.07, 6.45) is 1.55. The van der Waals surface area contributed by atoms with Gasteiger partial charge < -0.3 is 14.5 Å². The van der Waals surface area contributed by atoms with Gasteiger partial charge >= 0.3 is 0 Å². The molecule has 0 aliphatic carbocycles. The van der Waals surface area contributed by atoms with Crippen molar-refractivity contribution in [3.8, 4) is 0 Å². The summed E-state index contributed by atoms with van der Waals surface area (Å²) < 4.78 is 34.1. The van der Waals surface area contributed by atoms with E-state index in [2.05, 4.69) is 18.7 Å². The van der Waals surface area contributed by atoms with Crippen molar-refractivity contribution < 1.29 is 17.9 Å². The maximum atomic E-state index is 13.4. The van der Waals surface area contributed by atoms with E-state index in [0.29, 0.717) is 18.0 Å². The molecule has 0 unspecified atom stereocenters. The Balaban J connectivity index is 1.95. The summed E-state index contributed by atoms with van der Waals surface area (Å²) >= 11 is 0. The summed E-state index contributed by atoms with van der Waals surface area (Å²) in [7, 11) is -1.82. The van der Waals surface area contributed by atoms with Crippen molar-refractivity contribution in [2.24, 2.45) is 0 Å². The van der Waals surface area contributed by atoms with Gasteiger partial charge in [0.2, 0.25) is 15.9 Å². The molecule has 1 aromatic rings. The van der Waals surface area contributed by atoms with Crippen LogP contribution in [-0.2, 0) is 19.6 Å². The van der Waals surface area contributed by atoms with Crippen LogP contribution in [0.1, 0.15) is 43.4 Å². The van der Waals surface area contributed by atoms with Gasteiger partial charge in [0.05, 0.1) is 11.5 Å². The molecule has 0 radical (unpaired) electrons. The second kappa shape index (κ2) is 11.4. The Hall–Kier alpha value is -1.48. The Morgan fingerprint density at radius 1 is 1.13 bits per heavy atom. The average molecular weight is 454 g/mol. The molecule has 0 saturated carbocycles. The summed E-state index contributed by atoms with van der Waals surface area (Å²) in [5.41, 5.74) is 2.60. The van der Waals surface area contributed by atoms with Crippen LogP contribution in [0, 0.1) is 20.8 Å². The van der Waals surface area contributed by atoms with E-state index in [0.717, 1.165) is 49.2 Å². The molecule has 1 heterocycles. The minimum Gasteiger partial charge on any atom is -0.370 e. The Morgan fingerprint density at radius 3 is 2.32 bits per heavy atom. The van der Waals surface area contributed by atoms with Gasteiger partial charge in [-0.15, -0.1) is 0 Å². The van der Waals surface area contributed by atoms with Crippen LogP contribution in [0.3, 0.4) is 0 Å². The molecular formula is C23H39N3O4S. The van der Waals surface area contributed by atoms with Crippen molar-refractivity contribution in [3.63, 3.8) is 0 Å². The van der Waals surface area contributed by atoms with Gasteiger partial charge in [0.25, 0.3) is 0 Å². The number of amides is 1. The Kier molecular flexibility index (Phi) is 9.48. The van der Waals surface area contributed by atoms with Crippen LogP contribution in [0.5, 0.6) is 0 Å². The molecule has 7 nitrogen and oxygen atoms in total. The number of sulfonamides is 1. The second-order valence-corrected chi connectivity index (χ2v) is 10.3. The molecule has 0 aromatic heterocycles. The predicted octanol–water partition coefficient (Wildman–Crippen LogP) is 2.58. The highest BCUT2D eigenvalue weighted by Crippen LogP contribution is 2.30. The number of aryl methyl sites for hydroxylation is 3. The number of benzene rings is 1. The summed E-state index contributed by atoms with van der Waals surface area (Å²) in [6.45, 7) is 14.0. The third kappa shape index (κ3) is 6.51. The predicted molar refractivity (Wildman–Crippen MR) is 124 cm³/mol. The molecule has 1 saturated heterocycles. The van der Waals surface area contributed by atoms with Crippen LogP contribution >= 0.6 is 0 Å². The highest BCUT2D eigenvalue weighted by Gasteiger charge is 2.37. The van der Waals surface area contributed by atoms with E-state index in [1.54, 1.807) is 16.3 Å². The van der Waals surface area contributed by atoms with E-state index in [1.165, 1.54) is 0 Å². The lowest BCUT2D eigenvalue weighted by atomic mass is 10.1. The summed E-state index contributed by atoms with van der Waals surface area (Å²) in [5, 5.41) is 0. The fourth-order valence-corrected chi connectivity index (χ4v) is 6.43. The first-order chi connectivity index (χ1) is 14.6. The normalized spacial score (nSPS) is 17.5. The summed E-state index contributed by atoms with van der Waals surface area (Å²) in [6, 6.07) is 3.58. The van der Waals surface area contributed by atoms with Crippen LogP contribution in [0.2, 0.25) is 0 Å². The van der Waals surface area contributed by atoms with Crippen LogP contribution in [0.25, 0.3) is 0 Å². The number of hydrogen-bond donors (Lipinski definition) is 0. The van der Waals surface area contributed by atoms with Gasteiger partial charge in [0.1, 0.15) is 6.61 Å². The van der Waals surface area contributed by atoms with Crippen molar-refractivity contribution >= 4 is 15.9 Å². The minimum atomic E-state index is -3.60. The lowest BCUT2D eigenvalue weighted by Crippen LogP contribution is -2.41. The van der Waals surface area contributed by atoms with Crippen molar-refractivity contribution in [2.45, 2.75) is 58.4 Å². The van der Waals surface area contributed by atoms with Crippen molar-refractivity contribution in [1.29, 1.82) is 0 Å². The molecule has 1 amide bonds. The summed E-state index contributed by atoms with van der Waals surface area (Å²) in [4.78, 5) is 16.7. The smallest absolute Gasteiger partial charge is 0.248 e. The van der Waals surface area contributed by atoms with Gasteiger partial charge in [-0.3, -0.25) is 4.79 Å². The van der Waals surface area contributed by atoms with E-state index < -0.39 is 10.0 Å². The molecule has 8 heteroatoms. The van der Waals surface area contributed by atoms with Crippen molar-refractivity contribution in [3.05, 3.63) is 28.8 Å². The lowest BCUT2D eigenvalue weighted by Gasteiger charge is -2.26. The lowest BCUT2D eigenvalue weighted by molar-refractivity contribution is -0.135. The van der Waals surface area contributed by atoms with Crippen molar-refractivity contribution in [1.82, 2.24) is 14.1 Å². The monoisotopic (exact) mass is 453 g/mol. The first-order valence-electron chi connectivity index (χ1n) is 11.3. The zero-order valence-corrected chi connectivity index (χ0v) is 20.8. The fraction of sp³-hybridized carbons (Fsp3) is 0.696. The summed E-state index contributed by atoms with van der Waals surface area (Å²) in [5.74, 6) is -0.0789. The van der Waals surface area contributed by atoms with Gasteiger partial charge in [0, 0.05) is 32.7 Å². The number of carbonyl (C=O) groups is 1. The van der Waals surface area contributed by atoms with Gasteiger partial charge in [0.15, 0.2) is 0 Å². The third-order valence-electron chi connectivity index (χ3n) is 6.10. The van der Waals surface area contributed by atoms with Gasteiger partial charge in [-0.25, -0.2) is 8.42 Å². The second-order valence-electron chi connectivity index (χ2n) is 8.50. The molecule has 2 rings (SSSR count). The van der Waals surface area contributed by atoms with Crippen LogP contribution in [0.15, 0.2) is 17.0 Å². The number of carbonyl (C=O) groups excluding carboxylic acids is 1. The molecule has 1 atom stereocenters. The number of nitrogens with zero attached hydrogens (tertiary/aromatic N) is 3. The van der Waals surface area contributed by atoms with E-state index in [1.807, 2.05) is 32.9 Å². The maximum Gasteiger partial charge on any atom is 0.248 e. The Labute approximate surface area is 188 Å². The van der Waals surface area contributed by atoms with Gasteiger partial charge in [-0.2, -0.15) is 4.31 Å². The third-order valence-corrected chi connectivity index (χ3v) is 8.36. The molecule has 1 fully saturated rings. The van der Waals surface area contributed by atoms with Gasteiger partial charge in [-0.05, 0) is 57.8 Å². The molecule has 0 N–H and O–H groups in total. The molecule has 1 aromatic carbocycles. The van der Waals surface area contributed by atoms with Crippen LogP contribution < -0.4 is 0 Å². The standard InChI is InChI=1S/C23H39N3O4S/c1-7-25(8-2)13-12-24(6)22(27)17-30-16-21-10-9-11-26(21)31(28,29)23-19(4)14-18(3)15-20(23)5/h14-15,21H,7-13,16-17H2,1-6H3/t21-/m0/s1. The molecule has 0 bridgehead atoms.